The van der Waals surface area contributed by atoms with Gasteiger partial charge in [-0.3, -0.25) is 0 Å². The molecule has 0 aliphatic heterocycles. The molecule has 1 aromatic rings. The van der Waals surface area contributed by atoms with E-state index < -0.39 is 0 Å². The molecule has 0 spiro atoms. The van der Waals surface area contributed by atoms with Crippen molar-refractivity contribution < 1.29 is 0 Å². The van der Waals surface area contributed by atoms with Crippen LogP contribution in [-0.4, -0.2) is 25.0 Å². The minimum absolute atomic E-state index is 0.323. The van der Waals surface area contributed by atoms with Crippen LogP contribution in [0.3, 0.4) is 0 Å². The average Bonchev–Trinajstić information content (AvgIpc) is 2.38. The van der Waals surface area contributed by atoms with Crippen molar-refractivity contribution in [3.05, 3.63) is 34.9 Å². The van der Waals surface area contributed by atoms with Crippen molar-refractivity contribution in [1.29, 1.82) is 0 Å². The Labute approximate surface area is 129 Å². The van der Waals surface area contributed by atoms with E-state index in [1.165, 1.54) is 18.4 Å². The quantitative estimate of drug-likeness (QED) is 0.814. The maximum absolute atomic E-state index is 6.91. The van der Waals surface area contributed by atoms with Gasteiger partial charge in [-0.15, -0.1) is 0 Å². The summed E-state index contributed by atoms with van der Waals surface area (Å²) in [5, 5.41) is 0.759. The van der Waals surface area contributed by atoms with Gasteiger partial charge in [0.2, 0.25) is 0 Å². The van der Waals surface area contributed by atoms with Gasteiger partial charge in [-0.25, -0.2) is 0 Å². The van der Waals surface area contributed by atoms with E-state index in [1.807, 2.05) is 12.1 Å². The van der Waals surface area contributed by atoms with Crippen LogP contribution < -0.4 is 5.73 Å². The van der Waals surface area contributed by atoms with Gasteiger partial charge in [0.25, 0.3) is 0 Å². The molecule has 0 saturated carbocycles. The van der Waals surface area contributed by atoms with Crippen LogP contribution >= 0.6 is 11.6 Å². The molecule has 0 aromatic heterocycles. The first-order valence-electron chi connectivity index (χ1n) is 7.55. The van der Waals surface area contributed by atoms with Crippen LogP contribution in [0.4, 0.5) is 0 Å². The van der Waals surface area contributed by atoms with Gasteiger partial charge in [0.05, 0.1) is 5.54 Å². The summed E-state index contributed by atoms with van der Waals surface area (Å²) >= 11 is 6.02. The van der Waals surface area contributed by atoms with Crippen molar-refractivity contribution in [2.75, 3.05) is 14.1 Å². The molecule has 0 radical (unpaired) electrons. The molecule has 0 fully saturated rings. The number of unbranched alkanes of at least 4 members (excludes halogenated alkanes) is 1. The normalized spacial score (nSPS) is 16.4. The predicted molar refractivity (Wildman–Crippen MR) is 89.2 cm³/mol. The number of hydrogen-bond donors (Lipinski definition) is 1. The van der Waals surface area contributed by atoms with Crippen LogP contribution in [0.25, 0.3) is 0 Å². The lowest BCUT2D eigenvalue weighted by Gasteiger charge is -2.45. The van der Waals surface area contributed by atoms with E-state index in [-0.39, 0.29) is 5.54 Å². The number of benzene rings is 1. The topological polar surface area (TPSA) is 29.3 Å². The average molecular weight is 297 g/mol. The molecule has 1 aromatic carbocycles. The van der Waals surface area contributed by atoms with E-state index in [0.717, 1.165) is 11.4 Å². The van der Waals surface area contributed by atoms with Crippen molar-refractivity contribution in [3.8, 4) is 0 Å². The standard InChI is InChI=1S/C17H29ClN2/c1-6-7-8-16(20(4)5)17(19,13(2)3)14-9-11-15(18)12-10-14/h9-13,16H,6-8,19H2,1-5H3. The molecular weight excluding hydrogens is 268 g/mol. The van der Waals surface area contributed by atoms with Gasteiger partial charge in [0, 0.05) is 11.1 Å². The summed E-state index contributed by atoms with van der Waals surface area (Å²) in [6.07, 6.45) is 3.50. The van der Waals surface area contributed by atoms with E-state index in [9.17, 15) is 0 Å². The van der Waals surface area contributed by atoms with Crippen molar-refractivity contribution in [1.82, 2.24) is 4.90 Å². The van der Waals surface area contributed by atoms with Gasteiger partial charge in [0.15, 0.2) is 0 Å². The summed E-state index contributed by atoms with van der Waals surface area (Å²) in [6.45, 7) is 6.64. The van der Waals surface area contributed by atoms with Crippen LogP contribution in [0.2, 0.25) is 5.02 Å². The Morgan fingerprint density at radius 3 is 2.15 bits per heavy atom. The summed E-state index contributed by atoms with van der Waals surface area (Å²) in [4.78, 5) is 2.27. The Hall–Kier alpha value is -0.570. The molecule has 0 amide bonds. The number of halogens is 1. The van der Waals surface area contributed by atoms with Crippen LogP contribution in [0.15, 0.2) is 24.3 Å². The molecule has 0 aliphatic rings. The molecule has 114 valence electrons. The molecule has 2 unspecified atom stereocenters. The van der Waals surface area contributed by atoms with E-state index in [4.69, 9.17) is 17.3 Å². The first-order valence-corrected chi connectivity index (χ1v) is 7.93. The summed E-state index contributed by atoms with van der Waals surface area (Å²) in [7, 11) is 4.25. The Morgan fingerprint density at radius 1 is 1.20 bits per heavy atom. The molecule has 0 heterocycles. The smallest absolute Gasteiger partial charge is 0.0590 e. The maximum Gasteiger partial charge on any atom is 0.0590 e. The summed E-state index contributed by atoms with van der Waals surface area (Å²) in [6, 6.07) is 8.35. The fraction of sp³-hybridized carbons (Fsp3) is 0.647. The van der Waals surface area contributed by atoms with Crippen LogP contribution in [0, 0.1) is 5.92 Å². The summed E-state index contributed by atoms with van der Waals surface area (Å²) in [5.41, 5.74) is 7.73. The fourth-order valence-corrected chi connectivity index (χ4v) is 3.10. The van der Waals surface area contributed by atoms with Crippen LogP contribution in [0.1, 0.15) is 45.6 Å². The molecule has 2 nitrogen and oxygen atoms in total. The van der Waals surface area contributed by atoms with Gasteiger partial charge in [-0.05, 0) is 44.1 Å². The lowest BCUT2D eigenvalue weighted by molar-refractivity contribution is 0.121. The molecule has 0 saturated heterocycles. The number of nitrogens with zero attached hydrogens (tertiary/aromatic N) is 1. The van der Waals surface area contributed by atoms with Gasteiger partial charge in [-0.2, -0.15) is 0 Å². The minimum Gasteiger partial charge on any atom is -0.320 e. The second-order valence-corrected chi connectivity index (χ2v) is 6.65. The highest BCUT2D eigenvalue weighted by Crippen LogP contribution is 2.35. The van der Waals surface area contributed by atoms with E-state index in [0.29, 0.717) is 12.0 Å². The minimum atomic E-state index is -0.358. The largest absolute Gasteiger partial charge is 0.320 e. The number of nitrogens with two attached hydrogens (primary N) is 1. The maximum atomic E-state index is 6.91. The highest BCUT2D eigenvalue weighted by Gasteiger charge is 2.40. The monoisotopic (exact) mass is 296 g/mol. The van der Waals surface area contributed by atoms with Crippen molar-refractivity contribution in [2.45, 2.75) is 51.6 Å². The van der Waals surface area contributed by atoms with Crippen LogP contribution in [0.5, 0.6) is 0 Å². The van der Waals surface area contributed by atoms with Crippen molar-refractivity contribution in [2.24, 2.45) is 11.7 Å². The third-order valence-corrected chi connectivity index (χ3v) is 4.56. The zero-order valence-electron chi connectivity index (χ0n) is 13.5. The summed E-state index contributed by atoms with van der Waals surface area (Å²) < 4.78 is 0. The Kier molecular flexibility index (Phi) is 6.50. The molecule has 20 heavy (non-hydrogen) atoms. The SMILES string of the molecule is CCCCC(N(C)C)C(N)(c1ccc(Cl)cc1)C(C)C. The van der Waals surface area contributed by atoms with Gasteiger partial charge in [-0.1, -0.05) is 57.3 Å². The Balaban J connectivity index is 3.20. The molecule has 3 heteroatoms. The third-order valence-electron chi connectivity index (χ3n) is 4.31. The molecule has 2 atom stereocenters. The second kappa shape index (κ2) is 7.44. The molecular formula is C17H29ClN2. The highest BCUT2D eigenvalue weighted by atomic mass is 35.5. The van der Waals surface area contributed by atoms with Crippen molar-refractivity contribution >= 4 is 11.6 Å². The zero-order chi connectivity index (χ0) is 15.3. The highest BCUT2D eigenvalue weighted by molar-refractivity contribution is 6.30. The molecule has 0 aliphatic carbocycles. The lowest BCUT2D eigenvalue weighted by Crippen LogP contribution is -2.57. The number of hydrogen-bond acceptors (Lipinski definition) is 2. The second-order valence-electron chi connectivity index (χ2n) is 6.22. The van der Waals surface area contributed by atoms with Crippen molar-refractivity contribution in [3.63, 3.8) is 0 Å². The Bertz CT molecular complexity index is 400. The predicted octanol–water partition coefficient (Wildman–Crippen LogP) is 4.27. The Morgan fingerprint density at radius 2 is 1.75 bits per heavy atom. The summed E-state index contributed by atoms with van der Waals surface area (Å²) in [5.74, 6) is 0.355. The van der Waals surface area contributed by atoms with Gasteiger partial charge in [0.1, 0.15) is 0 Å². The third kappa shape index (κ3) is 3.75. The first kappa shape index (κ1) is 17.5. The zero-order valence-corrected chi connectivity index (χ0v) is 14.2. The van der Waals surface area contributed by atoms with Gasteiger partial charge >= 0.3 is 0 Å². The van der Waals surface area contributed by atoms with E-state index in [1.54, 1.807) is 0 Å². The number of rotatable bonds is 7. The van der Waals surface area contributed by atoms with E-state index >= 15 is 0 Å². The fourth-order valence-electron chi connectivity index (χ4n) is 2.97. The van der Waals surface area contributed by atoms with Gasteiger partial charge < -0.3 is 10.6 Å². The first-order chi connectivity index (χ1) is 9.33. The van der Waals surface area contributed by atoms with Crippen LogP contribution in [-0.2, 0) is 5.54 Å². The van der Waals surface area contributed by atoms with E-state index in [2.05, 4.69) is 51.9 Å². The lowest BCUT2D eigenvalue weighted by atomic mass is 9.73. The molecule has 1 rings (SSSR count). The molecule has 2 N–H and O–H groups in total. The number of likely N-dealkylation sites (N-methyl/N-ethyl adjacent to an activating group) is 1. The molecule has 0 bridgehead atoms.